The Labute approximate surface area is 473 Å². The number of hydrogen-bond donors (Lipinski definition) is 3. The maximum Gasteiger partial charge on any atom is 0.276 e. The predicted molar refractivity (Wildman–Crippen MR) is 316 cm³/mol. The third-order valence-electron chi connectivity index (χ3n) is 15.0. The van der Waals surface area contributed by atoms with E-state index in [1.165, 1.54) is 34.5 Å². The highest BCUT2D eigenvalue weighted by Crippen LogP contribution is 2.29. The molecule has 0 amide bonds. The van der Waals surface area contributed by atoms with E-state index in [0.29, 0.717) is 35.2 Å². The Kier molecular flexibility index (Phi) is 23.8. The minimum absolute atomic E-state index is 0.0442. The van der Waals surface area contributed by atoms with Gasteiger partial charge in [-0.3, -0.25) is 0 Å². The number of nitrogens with one attached hydrogen (secondary N) is 1. The van der Waals surface area contributed by atoms with Crippen LogP contribution in [0.3, 0.4) is 0 Å². The molecule has 0 saturated carbocycles. The summed E-state index contributed by atoms with van der Waals surface area (Å²) in [6, 6.07) is 40.4. The van der Waals surface area contributed by atoms with E-state index in [2.05, 4.69) is 40.6 Å². The molecular formula is C58H85N9O8S4. The van der Waals surface area contributed by atoms with Crippen LogP contribution in [0.1, 0.15) is 79.2 Å². The number of benzene rings is 5. The van der Waals surface area contributed by atoms with E-state index in [-0.39, 0.29) is 42.7 Å². The third kappa shape index (κ3) is 19.6. The molecule has 0 aliphatic carbocycles. The van der Waals surface area contributed by atoms with Gasteiger partial charge < -0.3 is 20.4 Å². The monoisotopic (exact) mass is 1160 g/mol. The van der Waals surface area contributed by atoms with Gasteiger partial charge in [0, 0.05) is 50.3 Å². The van der Waals surface area contributed by atoms with E-state index in [1.807, 2.05) is 106 Å². The smallest absolute Gasteiger partial charge is 0.276 e. The van der Waals surface area contributed by atoms with E-state index in [4.69, 9.17) is 10.9 Å². The average Bonchev–Trinajstić information content (AvgIpc) is 3.52. The summed E-state index contributed by atoms with van der Waals surface area (Å²) in [5.41, 5.74) is 10.7. The lowest BCUT2D eigenvalue weighted by Gasteiger charge is -2.36. The zero-order chi connectivity index (χ0) is 57.4. The quantitative estimate of drug-likeness (QED) is 0.108. The van der Waals surface area contributed by atoms with Crippen LogP contribution in [0.2, 0.25) is 0 Å². The lowest BCUT2D eigenvalue weighted by Crippen LogP contribution is -2.49. The van der Waals surface area contributed by atoms with Crippen molar-refractivity contribution in [2.45, 2.75) is 124 Å². The Bertz CT molecular complexity index is 3070. The first-order valence-electron chi connectivity index (χ1n) is 27.3. The normalized spacial score (nSPS) is 18.5. The summed E-state index contributed by atoms with van der Waals surface area (Å²) in [6.07, 6.45) is 6.64. The molecular weight excluding hydrogens is 1080 g/mol. The molecule has 0 aromatic heterocycles. The first-order valence-corrected chi connectivity index (χ1v) is 33.2. The molecule has 4 heterocycles. The van der Waals surface area contributed by atoms with Crippen molar-refractivity contribution in [3.8, 4) is 0 Å². The molecule has 17 nitrogen and oxygen atoms in total. The van der Waals surface area contributed by atoms with Gasteiger partial charge in [-0.1, -0.05) is 114 Å². The Balaban J connectivity index is 0.000000181. The molecule has 9 rings (SSSR count). The molecule has 0 radical (unpaired) electrons. The number of hydrogen-bond acceptors (Lipinski definition) is 12. The minimum atomic E-state index is -3.76. The number of sulfonamides is 3. The molecule has 4 aliphatic rings. The van der Waals surface area contributed by atoms with Crippen LogP contribution in [0.5, 0.6) is 0 Å². The zero-order valence-electron chi connectivity index (χ0n) is 47.0. The second kappa shape index (κ2) is 29.5. The van der Waals surface area contributed by atoms with Crippen molar-refractivity contribution >= 4 is 40.3 Å². The second-order valence-electron chi connectivity index (χ2n) is 21.6. The van der Waals surface area contributed by atoms with Crippen LogP contribution in [0.15, 0.2) is 148 Å². The Morgan fingerprint density at radius 3 is 1.10 bits per heavy atom. The molecule has 4 fully saturated rings. The number of nitrogens with two attached hydrogens (primary N) is 2. The van der Waals surface area contributed by atoms with Crippen molar-refractivity contribution in [2.75, 3.05) is 73.5 Å². The number of rotatable bonds is 14. The summed E-state index contributed by atoms with van der Waals surface area (Å²) in [5, 5.41) is 5.21. The van der Waals surface area contributed by atoms with Gasteiger partial charge in [-0.2, -0.15) is 21.3 Å². The predicted octanol–water partition coefficient (Wildman–Crippen LogP) is 6.54. The van der Waals surface area contributed by atoms with Gasteiger partial charge in [-0.15, -0.1) is 0 Å². The van der Waals surface area contributed by atoms with Crippen LogP contribution in [0.4, 0.5) is 0 Å². The van der Waals surface area contributed by atoms with Gasteiger partial charge in [-0.05, 0) is 180 Å². The summed E-state index contributed by atoms with van der Waals surface area (Å²) in [7, 11) is -8.08. The number of likely N-dealkylation sites (tertiary alicyclic amines) is 3. The Morgan fingerprint density at radius 1 is 0.443 bits per heavy atom. The lowest BCUT2D eigenvalue weighted by molar-refractivity contribution is 0.179. The molecule has 21 heteroatoms. The van der Waals surface area contributed by atoms with Crippen LogP contribution < -0.4 is 15.6 Å². The largest absolute Gasteiger partial charge is 0.328 e. The Morgan fingerprint density at radius 2 is 0.759 bits per heavy atom. The summed E-state index contributed by atoms with van der Waals surface area (Å²) >= 11 is 0. The summed E-state index contributed by atoms with van der Waals surface area (Å²) in [6.45, 7) is 13.0. The molecule has 0 spiro atoms. The van der Waals surface area contributed by atoms with E-state index < -0.39 is 40.3 Å². The van der Waals surface area contributed by atoms with Crippen molar-refractivity contribution < 1.29 is 33.7 Å². The van der Waals surface area contributed by atoms with E-state index >= 15 is 0 Å². The Hall–Kier alpha value is -4.46. The van der Waals surface area contributed by atoms with Gasteiger partial charge >= 0.3 is 0 Å². The molecule has 5 aromatic carbocycles. The first kappa shape index (κ1) is 63.7. The van der Waals surface area contributed by atoms with Crippen molar-refractivity contribution in [2.24, 2.45) is 10.9 Å². The molecule has 0 bridgehead atoms. The molecule has 79 heavy (non-hydrogen) atoms. The maximum absolute atomic E-state index is 13.4. The fourth-order valence-corrected chi connectivity index (χ4v) is 15.2. The van der Waals surface area contributed by atoms with Crippen molar-refractivity contribution in [3.05, 3.63) is 161 Å². The fraction of sp³-hybridized carbons (Fsp3) is 0.483. The molecule has 4 aliphatic heterocycles. The van der Waals surface area contributed by atoms with Crippen molar-refractivity contribution in [1.82, 2.24) is 32.3 Å². The van der Waals surface area contributed by atoms with Crippen LogP contribution in [-0.4, -0.2) is 159 Å². The van der Waals surface area contributed by atoms with E-state index in [0.717, 1.165) is 79.7 Å². The van der Waals surface area contributed by atoms with Crippen LogP contribution in [0, 0.1) is 20.8 Å². The molecule has 5 N–H and O–H groups in total. The van der Waals surface area contributed by atoms with Crippen molar-refractivity contribution in [1.29, 1.82) is 0 Å². The summed E-state index contributed by atoms with van der Waals surface area (Å²) in [4.78, 5) is 7.78. The molecule has 5 aromatic rings. The molecule has 0 unspecified atom stereocenters. The van der Waals surface area contributed by atoms with Gasteiger partial charge in [0.15, 0.2) is 0 Å². The number of piperidine rings is 4. The van der Waals surface area contributed by atoms with Crippen LogP contribution in [0.25, 0.3) is 0 Å². The van der Waals surface area contributed by atoms with E-state index in [1.54, 1.807) is 52.8 Å². The SMILES string of the molecule is CN1CCC(N)CC1.Cc1ccc(S(=O)(=O)N(Cc2ccccc2)C2CCN(C)CC2)cc1.Cc1ccc(S(=O)(=O)N(Cc2ccccc2)C2CCN(S(N)(=O)=O)CC2)cc1.Cc1ccc(S(=O)(=O)NC2CCN(C)CC2)cc1. The molecule has 4 saturated heterocycles. The summed E-state index contributed by atoms with van der Waals surface area (Å²) < 4.78 is 108. The van der Waals surface area contributed by atoms with E-state index in [9.17, 15) is 33.7 Å². The third-order valence-corrected chi connectivity index (χ3v) is 21.5. The van der Waals surface area contributed by atoms with Gasteiger partial charge in [0.1, 0.15) is 0 Å². The van der Waals surface area contributed by atoms with Gasteiger partial charge in [0.05, 0.1) is 14.7 Å². The van der Waals surface area contributed by atoms with Gasteiger partial charge in [0.2, 0.25) is 30.1 Å². The second-order valence-corrected chi connectivity index (χ2v) is 28.6. The summed E-state index contributed by atoms with van der Waals surface area (Å²) in [5.74, 6) is 0. The van der Waals surface area contributed by atoms with Crippen LogP contribution >= 0.6 is 0 Å². The fourth-order valence-electron chi connectivity index (χ4n) is 9.87. The van der Waals surface area contributed by atoms with Gasteiger partial charge in [-0.25, -0.2) is 35.1 Å². The first-order chi connectivity index (χ1) is 37.4. The average molecular weight is 1160 g/mol. The van der Waals surface area contributed by atoms with Crippen LogP contribution in [-0.2, 0) is 53.4 Å². The number of aryl methyl sites for hydroxylation is 3. The lowest BCUT2D eigenvalue weighted by atomic mass is 10.1. The van der Waals surface area contributed by atoms with Crippen molar-refractivity contribution in [3.63, 3.8) is 0 Å². The zero-order valence-corrected chi connectivity index (χ0v) is 50.2. The molecule has 434 valence electrons. The highest BCUT2D eigenvalue weighted by molar-refractivity contribution is 7.90. The minimum Gasteiger partial charge on any atom is -0.328 e. The molecule has 0 atom stereocenters. The highest BCUT2D eigenvalue weighted by Gasteiger charge is 2.37. The standard InChI is InChI=1S/C20H26N2O2S.C19H25N3O4S2.C13H20N2O2S.C6H14N2/c1-17-8-10-20(11-9-17)25(23,24)22(16-18-6-4-3-5-7-18)19-12-14-21(2)15-13-19;1-16-7-9-19(10-8-16)27(23,24)22(15-17-5-3-2-4-6-17)18-11-13-21(14-12-18)28(20,25)26;1-11-3-5-13(6-4-11)18(16,17)14-12-7-9-15(2)10-8-12;1-8-4-2-6(7)3-5-8/h3-11,19H,12-16H2,1-2H3;2-10,18H,11-15H2,1H3,(H2,20,25,26);3-6,12,14H,7-10H2,1-2H3;6H,2-5,7H2,1H3. The highest BCUT2D eigenvalue weighted by atomic mass is 32.2. The maximum atomic E-state index is 13.4. The number of nitrogens with zero attached hydrogens (tertiary/aromatic N) is 6. The van der Waals surface area contributed by atoms with Gasteiger partial charge in [0.25, 0.3) is 10.2 Å². The topological polar surface area (TPSA) is 220 Å².